The highest BCUT2D eigenvalue weighted by molar-refractivity contribution is 7.18. The van der Waals surface area contributed by atoms with Crippen LogP contribution in [0.5, 0.6) is 5.75 Å². The summed E-state index contributed by atoms with van der Waals surface area (Å²) in [6, 6.07) is 16.4. The lowest BCUT2D eigenvalue weighted by Crippen LogP contribution is -2.16. The number of amides is 1. The van der Waals surface area contributed by atoms with E-state index in [1.807, 2.05) is 30.3 Å². The van der Waals surface area contributed by atoms with Gasteiger partial charge in [-0.3, -0.25) is 4.79 Å². The lowest BCUT2D eigenvalue weighted by atomic mass is 10.1. The molecule has 0 aliphatic carbocycles. The van der Waals surface area contributed by atoms with Crippen molar-refractivity contribution in [2.24, 2.45) is 0 Å². The number of rotatable bonds is 9. The van der Waals surface area contributed by atoms with Gasteiger partial charge in [-0.25, -0.2) is 9.59 Å². The number of esters is 2. The third-order valence-corrected chi connectivity index (χ3v) is 5.99. The van der Waals surface area contributed by atoms with E-state index in [9.17, 15) is 14.4 Å². The van der Waals surface area contributed by atoms with E-state index in [-0.39, 0.29) is 41.0 Å². The summed E-state index contributed by atoms with van der Waals surface area (Å²) in [7, 11) is 1.57. The third-order valence-electron chi connectivity index (χ3n) is 4.80. The fraction of sp³-hybridized carbons (Fsp3) is 0.240. The van der Waals surface area contributed by atoms with Gasteiger partial charge in [-0.1, -0.05) is 42.5 Å². The van der Waals surface area contributed by atoms with Crippen molar-refractivity contribution in [3.05, 3.63) is 81.7 Å². The molecule has 33 heavy (non-hydrogen) atoms. The zero-order chi connectivity index (χ0) is 23.8. The Hall–Kier alpha value is -3.65. The molecule has 0 atom stereocenters. The van der Waals surface area contributed by atoms with Gasteiger partial charge in [-0.2, -0.15) is 0 Å². The molecule has 0 saturated carbocycles. The molecule has 1 amide bonds. The number of carbonyl (C=O) groups excluding carboxylic acids is 3. The molecule has 0 unspecified atom stereocenters. The second-order valence-electron chi connectivity index (χ2n) is 7.12. The van der Waals surface area contributed by atoms with Crippen molar-refractivity contribution in [3.63, 3.8) is 0 Å². The van der Waals surface area contributed by atoms with Gasteiger partial charge in [0.05, 0.1) is 25.7 Å². The van der Waals surface area contributed by atoms with Crippen LogP contribution in [0.4, 0.5) is 5.00 Å². The Balaban J connectivity index is 1.79. The molecule has 0 aliphatic rings. The normalized spacial score (nSPS) is 10.4. The first-order valence-corrected chi connectivity index (χ1v) is 11.2. The second kappa shape index (κ2) is 11.3. The smallest absolute Gasteiger partial charge is 0.349 e. The Labute approximate surface area is 196 Å². The summed E-state index contributed by atoms with van der Waals surface area (Å²) in [5.41, 5.74) is 2.20. The molecule has 2 aromatic carbocycles. The summed E-state index contributed by atoms with van der Waals surface area (Å²) in [6.45, 7) is 3.60. The Kier molecular flexibility index (Phi) is 8.21. The number of benzene rings is 2. The number of ether oxygens (including phenoxy) is 3. The largest absolute Gasteiger partial charge is 0.497 e. The maximum atomic E-state index is 12.7. The predicted octanol–water partition coefficient (Wildman–Crippen LogP) is 4.78. The molecule has 0 fully saturated rings. The minimum Gasteiger partial charge on any atom is -0.497 e. The van der Waals surface area contributed by atoms with Gasteiger partial charge < -0.3 is 19.5 Å². The van der Waals surface area contributed by atoms with Gasteiger partial charge >= 0.3 is 11.9 Å². The van der Waals surface area contributed by atoms with E-state index < -0.39 is 11.9 Å². The van der Waals surface area contributed by atoms with Crippen molar-refractivity contribution < 1.29 is 28.6 Å². The number of carbonyl (C=O) groups is 3. The highest BCUT2D eigenvalue weighted by Gasteiger charge is 2.27. The average Bonchev–Trinajstić information content (AvgIpc) is 3.14. The highest BCUT2D eigenvalue weighted by Crippen LogP contribution is 2.34. The molecular weight excluding hydrogens is 442 g/mol. The first kappa shape index (κ1) is 24.0. The van der Waals surface area contributed by atoms with Crippen molar-refractivity contribution in [2.75, 3.05) is 19.0 Å². The van der Waals surface area contributed by atoms with Crippen molar-refractivity contribution >= 4 is 34.2 Å². The maximum absolute atomic E-state index is 12.7. The van der Waals surface area contributed by atoms with E-state index in [0.29, 0.717) is 11.3 Å². The Bertz CT molecular complexity index is 1120. The van der Waals surface area contributed by atoms with Crippen molar-refractivity contribution in [1.29, 1.82) is 0 Å². The van der Waals surface area contributed by atoms with Crippen LogP contribution >= 0.6 is 11.3 Å². The number of anilines is 1. The number of thiophene rings is 1. The standard InChI is InChI=1S/C25H25NO6S/c1-4-31-24(28)21-16(2)22(25(29)32-15-18-8-6-5-7-9-18)33-23(21)26-20(27)14-17-10-12-19(30-3)13-11-17/h5-13H,4,14-15H2,1-3H3,(H,26,27). The number of hydrogen-bond donors (Lipinski definition) is 1. The number of nitrogens with one attached hydrogen (secondary N) is 1. The molecule has 0 radical (unpaired) electrons. The fourth-order valence-electron chi connectivity index (χ4n) is 3.13. The third kappa shape index (κ3) is 6.20. The zero-order valence-electron chi connectivity index (χ0n) is 18.7. The van der Waals surface area contributed by atoms with Crippen LogP contribution in [0.3, 0.4) is 0 Å². The lowest BCUT2D eigenvalue weighted by molar-refractivity contribution is -0.115. The maximum Gasteiger partial charge on any atom is 0.349 e. The quantitative estimate of drug-likeness (QED) is 0.456. The fourth-order valence-corrected chi connectivity index (χ4v) is 4.24. The van der Waals surface area contributed by atoms with Crippen molar-refractivity contribution in [1.82, 2.24) is 0 Å². The molecule has 1 N–H and O–H groups in total. The van der Waals surface area contributed by atoms with E-state index in [1.165, 1.54) is 0 Å². The molecule has 1 aromatic heterocycles. The van der Waals surface area contributed by atoms with Crippen LogP contribution in [0.25, 0.3) is 0 Å². The van der Waals surface area contributed by atoms with Crippen molar-refractivity contribution in [3.8, 4) is 5.75 Å². The molecular formula is C25H25NO6S. The SMILES string of the molecule is CCOC(=O)c1c(NC(=O)Cc2ccc(OC)cc2)sc(C(=O)OCc2ccccc2)c1C. The average molecular weight is 468 g/mol. The van der Waals surface area contributed by atoms with E-state index in [0.717, 1.165) is 22.5 Å². The molecule has 3 rings (SSSR count). The summed E-state index contributed by atoms with van der Waals surface area (Å²) in [5, 5.41) is 3.02. The van der Waals surface area contributed by atoms with E-state index in [2.05, 4.69) is 5.32 Å². The van der Waals surface area contributed by atoms with E-state index in [1.54, 1.807) is 45.2 Å². The molecule has 0 bridgehead atoms. The topological polar surface area (TPSA) is 90.9 Å². The molecule has 0 aliphatic heterocycles. The molecule has 172 valence electrons. The van der Waals surface area contributed by atoms with Crippen LogP contribution < -0.4 is 10.1 Å². The first-order valence-electron chi connectivity index (χ1n) is 10.4. The number of hydrogen-bond acceptors (Lipinski definition) is 7. The monoisotopic (exact) mass is 467 g/mol. The van der Waals surface area contributed by atoms with Gasteiger partial charge in [-0.15, -0.1) is 11.3 Å². The highest BCUT2D eigenvalue weighted by atomic mass is 32.1. The summed E-state index contributed by atoms with van der Waals surface area (Å²) >= 11 is 1.00. The molecule has 0 spiro atoms. The summed E-state index contributed by atoms with van der Waals surface area (Å²) in [4.78, 5) is 38.2. The van der Waals surface area contributed by atoms with Gasteiger partial charge in [-0.05, 0) is 42.7 Å². The molecule has 1 heterocycles. The predicted molar refractivity (Wildman–Crippen MR) is 126 cm³/mol. The second-order valence-corrected chi connectivity index (χ2v) is 8.14. The Morgan fingerprint density at radius 2 is 1.61 bits per heavy atom. The molecule has 8 heteroatoms. The Morgan fingerprint density at radius 3 is 2.24 bits per heavy atom. The van der Waals surface area contributed by atoms with Crippen LogP contribution in [0.1, 0.15) is 43.6 Å². The van der Waals surface area contributed by atoms with Crippen molar-refractivity contribution in [2.45, 2.75) is 26.9 Å². The molecule has 7 nitrogen and oxygen atoms in total. The van der Waals surface area contributed by atoms with Gasteiger partial charge in [0.15, 0.2) is 0 Å². The van der Waals surface area contributed by atoms with Crippen LogP contribution in [0.15, 0.2) is 54.6 Å². The van der Waals surface area contributed by atoms with E-state index >= 15 is 0 Å². The zero-order valence-corrected chi connectivity index (χ0v) is 19.5. The van der Waals surface area contributed by atoms with E-state index in [4.69, 9.17) is 14.2 Å². The molecule has 3 aromatic rings. The summed E-state index contributed by atoms with van der Waals surface area (Å²) in [5.74, 6) is -0.803. The minimum atomic E-state index is -0.604. The van der Waals surface area contributed by atoms with Crippen LogP contribution in [0.2, 0.25) is 0 Å². The number of methoxy groups -OCH3 is 1. The summed E-state index contributed by atoms with van der Waals surface area (Å²) < 4.78 is 15.7. The Morgan fingerprint density at radius 1 is 0.909 bits per heavy atom. The molecule has 0 saturated heterocycles. The van der Waals surface area contributed by atoms with Crippen LogP contribution in [0, 0.1) is 6.92 Å². The van der Waals surface area contributed by atoms with Gasteiger partial charge in [0, 0.05) is 0 Å². The van der Waals surface area contributed by atoms with Gasteiger partial charge in [0.1, 0.15) is 22.2 Å². The lowest BCUT2D eigenvalue weighted by Gasteiger charge is -2.07. The minimum absolute atomic E-state index is 0.0942. The van der Waals surface area contributed by atoms with Gasteiger partial charge in [0.25, 0.3) is 0 Å². The van der Waals surface area contributed by atoms with Crippen LogP contribution in [-0.2, 0) is 27.3 Å². The first-order chi connectivity index (χ1) is 15.9. The van der Waals surface area contributed by atoms with Gasteiger partial charge in [0.2, 0.25) is 5.91 Å². The summed E-state index contributed by atoms with van der Waals surface area (Å²) in [6.07, 6.45) is 0.0942. The van der Waals surface area contributed by atoms with Crippen LogP contribution in [-0.4, -0.2) is 31.6 Å².